The molecule has 0 spiro atoms. The molecule has 0 aromatic carbocycles. The number of aryl methyl sites for hydroxylation is 1. The summed E-state index contributed by atoms with van der Waals surface area (Å²) in [6, 6.07) is 6.18. The maximum atomic E-state index is 3.10. The number of aromatic nitrogens is 1. The molecule has 1 rings (SSSR count). The molecule has 2 nitrogen and oxygen atoms in total. The van der Waals surface area contributed by atoms with E-state index >= 15 is 0 Å². The number of hydrogen-bond acceptors (Lipinski definition) is 1. The van der Waals surface area contributed by atoms with Crippen molar-refractivity contribution in [3.8, 4) is 0 Å². The van der Waals surface area contributed by atoms with Crippen LogP contribution in [0.3, 0.4) is 0 Å². The average molecular weight is 137 g/mol. The lowest BCUT2D eigenvalue weighted by molar-refractivity contribution is -0.679. The highest BCUT2D eigenvalue weighted by atomic mass is 15.0. The SMILES string of the molecule is CNCc1cccc[n+]1C. The van der Waals surface area contributed by atoms with Crippen molar-refractivity contribution >= 4 is 0 Å². The van der Waals surface area contributed by atoms with Crippen LogP contribution < -0.4 is 9.88 Å². The molecule has 2 heteroatoms. The fourth-order valence-electron chi connectivity index (χ4n) is 0.923. The van der Waals surface area contributed by atoms with E-state index in [1.54, 1.807) is 0 Å². The molecule has 0 saturated carbocycles. The zero-order chi connectivity index (χ0) is 7.40. The molecular formula is C8H13N2+. The number of rotatable bonds is 2. The Bertz CT molecular complexity index is 208. The van der Waals surface area contributed by atoms with Gasteiger partial charge in [0.1, 0.15) is 7.05 Å². The smallest absolute Gasteiger partial charge is 0.195 e. The van der Waals surface area contributed by atoms with Crippen LogP contribution in [0.25, 0.3) is 0 Å². The van der Waals surface area contributed by atoms with Crippen molar-refractivity contribution in [3.63, 3.8) is 0 Å². The first-order chi connectivity index (χ1) is 4.84. The minimum Gasteiger partial charge on any atom is -0.311 e. The molecule has 0 amide bonds. The molecule has 0 fully saturated rings. The summed E-state index contributed by atoms with van der Waals surface area (Å²) >= 11 is 0. The topological polar surface area (TPSA) is 15.9 Å². The first-order valence-corrected chi connectivity index (χ1v) is 3.42. The molecule has 1 N–H and O–H groups in total. The lowest BCUT2D eigenvalue weighted by Gasteiger charge is -1.96. The van der Waals surface area contributed by atoms with Crippen LogP contribution in [0.4, 0.5) is 0 Å². The lowest BCUT2D eigenvalue weighted by atomic mass is 10.3. The maximum Gasteiger partial charge on any atom is 0.195 e. The molecule has 10 heavy (non-hydrogen) atoms. The number of nitrogens with zero attached hydrogens (tertiary/aromatic N) is 1. The molecule has 0 bridgehead atoms. The van der Waals surface area contributed by atoms with Crippen LogP contribution in [0.2, 0.25) is 0 Å². The summed E-state index contributed by atoms with van der Waals surface area (Å²) in [5.41, 5.74) is 1.30. The Kier molecular flexibility index (Phi) is 2.40. The second-order valence-corrected chi connectivity index (χ2v) is 2.33. The van der Waals surface area contributed by atoms with E-state index in [0.717, 1.165) is 6.54 Å². The van der Waals surface area contributed by atoms with E-state index in [1.807, 2.05) is 32.4 Å². The Morgan fingerprint density at radius 2 is 2.30 bits per heavy atom. The zero-order valence-corrected chi connectivity index (χ0v) is 6.46. The normalized spacial score (nSPS) is 9.80. The van der Waals surface area contributed by atoms with E-state index in [2.05, 4.69) is 16.0 Å². The van der Waals surface area contributed by atoms with E-state index in [0.29, 0.717) is 0 Å². The van der Waals surface area contributed by atoms with Crippen molar-refractivity contribution in [2.45, 2.75) is 6.54 Å². The monoisotopic (exact) mass is 137 g/mol. The highest BCUT2D eigenvalue weighted by molar-refractivity contribution is 4.96. The summed E-state index contributed by atoms with van der Waals surface area (Å²) in [4.78, 5) is 0. The van der Waals surface area contributed by atoms with Gasteiger partial charge in [-0.15, -0.1) is 0 Å². The third kappa shape index (κ3) is 1.54. The Hall–Kier alpha value is -0.890. The summed E-state index contributed by atoms with van der Waals surface area (Å²) in [6.07, 6.45) is 2.05. The fourth-order valence-corrected chi connectivity index (χ4v) is 0.923. The van der Waals surface area contributed by atoms with E-state index in [4.69, 9.17) is 0 Å². The number of nitrogens with one attached hydrogen (secondary N) is 1. The summed E-state index contributed by atoms with van der Waals surface area (Å²) < 4.78 is 2.11. The molecule has 0 aliphatic carbocycles. The van der Waals surface area contributed by atoms with Crippen LogP contribution in [-0.2, 0) is 13.6 Å². The van der Waals surface area contributed by atoms with Gasteiger partial charge < -0.3 is 5.32 Å². The minimum atomic E-state index is 0.928. The molecule has 0 atom stereocenters. The van der Waals surface area contributed by atoms with Crippen molar-refractivity contribution in [1.82, 2.24) is 5.32 Å². The van der Waals surface area contributed by atoms with Gasteiger partial charge in [0.05, 0.1) is 6.54 Å². The molecule has 0 aliphatic heterocycles. The first-order valence-electron chi connectivity index (χ1n) is 3.42. The Labute approximate surface area is 61.5 Å². The van der Waals surface area contributed by atoms with Gasteiger partial charge >= 0.3 is 0 Å². The van der Waals surface area contributed by atoms with Gasteiger partial charge in [0.25, 0.3) is 0 Å². The van der Waals surface area contributed by atoms with Crippen LogP contribution in [0.5, 0.6) is 0 Å². The standard InChI is InChI=1S/C8H13N2/c1-9-7-8-5-3-4-6-10(8)2/h3-6,9H,7H2,1-2H3/q+1. The van der Waals surface area contributed by atoms with Gasteiger partial charge in [-0.1, -0.05) is 6.07 Å². The molecule has 1 aromatic rings. The molecule has 0 radical (unpaired) electrons. The van der Waals surface area contributed by atoms with Crippen LogP contribution in [-0.4, -0.2) is 7.05 Å². The quantitative estimate of drug-likeness (QED) is 0.577. The predicted octanol–water partition coefficient (Wildman–Crippen LogP) is 0.230. The van der Waals surface area contributed by atoms with E-state index < -0.39 is 0 Å². The predicted molar refractivity (Wildman–Crippen MR) is 40.4 cm³/mol. The Morgan fingerprint density at radius 1 is 1.50 bits per heavy atom. The summed E-state index contributed by atoms with van der Waals surface area (Å²) in [6.45, 7) is 0.928. The zero-order valence-electron chi connectivity index (χ0n) is 6.46. The Balaban J connectivity index is 2.81. The second-order valence-electron chi connectivity index (χ2n) is 2.33. The van der Waals surface area contributed by atoms with Crippen LogP contribution >= 0.6 is 0 Å². The van der Waals surface area contributed by atoms with Gasteiger partial charge in [-0.05, 0) is 7.05 Å². The number of pyridine rings is 1. The lowest BCUT2D eigenvalue weighted by Crippen LogP contribution is -2.34. The molecule has 1 heterocycles. The van der Waals surface area contributed by atoms with Gasteiger partial charge in [-0.3, -0.25) is 0 Å². The average Bonchev–Trinajstić information content (AvgIpc) is 1.94. The van der Waals surface area contributed by atoms with Gasteiger partial charge in [0.15, 0.2) is 11.9 Å². The van der Waals surface area contributed by atoms with Gasteiger partial charge in [-0.2, -0.15) is 0 Å². The largest absolute Gasteiger partial charge is 0.311 e. The highest BCUT2D eigenvalue weighted by Crippen LogP contribution is 1.87. The molecule has 0 aliphatic rings. The summed E-state index contributed by atoms with van der Waals surface area (Å²) in [7, 11) is 4.00. The van der Waals surface area contributed by atoms with Crippen LogP contribution in [0, 0.1) is 0 Å². The third-order valence-electron chi connectivity index (χ3n) is 1.52. The summed E-state index contributed by atoms with van der Waals surface area (Å²) in [5.74, 6) is 0. The minimum absolute atomic E-state index is 0.928. The van der Waals surface area contributed by atoms with E-state index in [9.17, 15) is 0 Å². The van der Waals surface area contributed by atoms with Crippen molar-refractivity contribution < 1.29 is 4.57 Å². The maximum absolute atomic E-state index is 3.10. The third-order valence-corrected chi connectivity index (χ3v) is 1.52. The van der Waals surface area contributed by atoms with Crippen molar-refractivity contribution in [1.29, 1.82) is 0 Å². The van der Waals surface area contributed by atoms with E-state index in [-0.39, 0.29) is 0 Å². The van der Waals surface area contributed by atoms with Crippen LogP contribution in [0.1, 0.15) is 5.69 Å². The molecule has 54 valence electrons. The van der Waals surface area contributed by atoms with Crippen molar-refractivity contribution in [2.75, 3.05) is 7.05 Å². The van der Waals surface area contributed by atoms with Gasteiger partial charge in [0.2, 0.25) is 0 Å². The second kappa shape index (κ2) is 3.32. The highest BCUT2D eigenvalue weighted by Gasteiger charge is 2.00. The van der Waals surface area contributed by atoms with E-state index in [1.165, 1.54) is 5.69 Å². The van der Waals surface area contributed by atoms with Crippen LogP contribution in [0.15, 0.2) is 24.4 Å². The fraction of sp³-hybridized carbons (Fsp3) is 0.375. The summed E-state index contributed by atoms with van der Waals surface area (Å²) in [5, 5.41) is 3.10. The van der Waals surface area contributed by atoms with Crippen molar-refractivity contribution in [3.05, 3.63) is 30.1 Å². The molecule has 1 aromatic heterocycles. The van der Waals surface area contributed by atoms with Crippen molar-refractivity contribution in [2.24, 2.45) is 7.05 Å². The molecular weight excluding hydrogens is 124 g/mol. The molecule has 0 unspecified atom stereocenters. The van der Waals surface area contributed by atoms with Gasteiger partial charge in [0, 0.05) is 12.1 Å². The number of hydrogen-bond donors (Lipinski definition) is 1. The Morgan fingerprint density at radius 3 is 2.90 bits per heavy atom. The van der Waals surface area contributed by atoms with Gasteiger partial charge in [-0.25, -0.2) is 4.57 Å². The first kappa shape index (κ1) is 7.22. The molecule has 0 saturated heterocycles.